The zero-order chi connectivity index (χ0) is 4.28. The summed E-state index contributed by atoms with van der Waals surface area (Å²) in [4.78, 5) is 0. The second-order valence-electron chi connectivity index (χ2n) is 0.360. The zero-order valence-corrected chi connectivity index (χ0v) is 6.93. The van der Waals surface area contributed by atoms with E-state index < -0.39 is 15.7 Å². The summed E-state index contributed by atoms with van der Waals surface area (Å²) in [6.45, 7) is 0. The van der Waals surface area contributed by atoms with Crippen LogP contribution in [0.5, 0.6) is 0 Å². The van der Waals surface area contributed by atoms with Crippen molar-refractivity contribution in [3.8, 4) is 0 Å². The van der Waals surface area contributed by atoms with Crippen LogP contribution < -0.4 is 0 Å². The molecule has 0 bridgehead atoms. The van der Waals surface area contributed by atoms with Crippen LogP contribution in [0.3, 0.4) is 0 Å². The highest BCUT2D eigenvalue weighted by Gasteiger charge is 1.59. The standard InChI is InChI=1S/CH3I2NO/c1-4-3(2)5/h1H3. The van der Waals surface area contributed by atoms with Gasteiger partial charge in [-0.05, 0) is 0 Å². The Kier molecular flexibility index (Phi) is 3.95. The van der Waals surface area contributed by atoms with Crippen LogP contribution in [0, 0.1) is 0 Å². The van der Waals surface area contributed by atoms with Crippen LogP contribution in [0.4, 0.5) is 0 Å². The molecule has 2 nitrogen and oxygen atoms in total. The van der Waals surface area contributed by atoms with Gasteiger partial charge >= 0.3 is 0 Å². The minimum atomic E-state index is -1.94. The molecule has 0 unspecified atom stereocenters. The predicted molar refractivity (Wildman–Crippen MR) is 37.1 cm³/mol. The summed E-state index contributed by atoms with van der Waals surface area (Å²) >= 11 is -0.0962. The maximum absolute atomic E-state index is 9.87. The average molecular weight is 299 g/mol. The maximum Gasteiger partial charge on any atom is 0.243 e. The van der Waals surface area contributed by atoms with Crippen LogP contribution in [0.25, 0.3) is 0 Å². The van der Waals surface area contributed by atoms with Crippen LogP contribution in [-0.4, -0.2) is 7.05 Å². The van der Waals surface area contributed by atoms with Crippen LogP contribution in [0.15, 0.2) is 3.15 Å². The molecule has 0 fully saturated rings. The van der Waals surface area contributed by atoms with E-state index in [4.69, 9.17) is 0 Å². The molecule has 0 aromatic carbocycles. The molecule has 0 aromatic rings. The molecular weight excluding hydrogens is 296 g/mol. The molecule has 0 saturated heterocycles. The summed E-state index contributed by atoms with van der Waals surface area (Å²) in [5.41, 5.74) is 0. The first-order valence-corrected chi connectivity index (χ1v) is 9.04. The lowest BCUT2D eigenvalue weighted by molar-refractivity contribution is 0.648. The summed E-state index contributed by atoms with van der Waals surface area (Å²) in [5.74, 6) is 0. The van der Waals surface area contributed by atoms with Crippen LogP contribution >= 0.6 is 34.3 Å². The normalized spacial score (nSPS) is 15.6. The fraction of sp³-hybridized carbons (Fsp3) is 1.00. The Morgan fingerprint density at radius 3 is 2.20 bits per heavy atom. The molecule has 0 radical (unpaired) electrons. The first-order valence-electron chi connectivity index (χ1n) is 0.913. The molecule has 0 aliphatic rings. The summed E-state index contributed by atoms with van der Waals surface area (Å²) in [5, 5.41) is 0. The van der Waals surface area contributed by atoms with Gasteiger partial charge < -0.3 is 0 Å². The van der Waals surface area contributed by atoms with Gasteiger partial charge in [0.2, 0.25) is 15.7 Å². The first kappa shape index (κ1) is 6.06. The lowest BCUT2D eigenvalue weighted by atomic mass is 11.6. The molecule has 32 valence electrons. The fourth-order valence-electron chi connectivity index (χ4n) is 0. The van der Waals surface area contributed by atoms with Gasteiger partial charge in [0.15, 0.2) is 0 Å². The van der Waals surface area contributed by atoms with Gasteiger partial charge in [0.1, 0.15) is 0 Å². The van der Waals surface area contributed by atoms with E-state index in [1.54, 1.807) is 7.05 Å². The fourth-order valence-corrected chi connectivity index (χ4v) is 0. The SMILES string of the molecule is CN=I(=O)I. The van der Waals surface area contributed by atoms with E-state index >= 15 is 0 Å². The summed E-state index contributed by atoms with van der Waals surface area (Å²) < 4.78 is 13.3. The number of nitrogens with zero attached hydrogens (tertiary/aromatic N) is 1. The Bertz CT molecular complexity index is 81.6. The number of halogens is 2. The number of rotatable bonds is 0. The Labute approximate surface area is 47.2 Å². The zero-order valence-electron chi connectivity index (χ0n) is 2.61. The van der Waals surface area contributed by atoms with Gasteiger partial charge in [-0.1, -0.05) is 0 Å². The van der Waals surface area contributed by atoms with Crippen molar-refractivity contribution in [2.24, 2.45) is 3.15 Å². The number of hydrogen-bond acceptors (Lipinski definition) is 2. The highest BCUT2D eigenvalue weighted by Crippen LogP contribution is 2.19. The van der Waals surface area contributed by atoms with Crippen molar-refractivity contribution < 1.29 is 3.07 Å². The molecule has 4 heteroatoms. The number of hydrogen-bond donors (Lipinski definition) is 0. The molecule has 0 aliphatic carbocycles. The molecule has 0 aliphatic heterocycles. The summed E-state index contributed by atoms with van der Waals surface area (Å²) in [6.07, 6.45) is 0. The smallest absolute Gasteiger partial charge is 0.243 e. The minimum absolute atomic E-state index is 1.57. The van der Waals surface area contributed by atoms with Crippen molar-refractivity contribution >= 4 is 34.3 Å². The van der Waals surface area contributed by atoms with E-state index in [0.717, 1.165) is 0 Å². The Balaban J connectivity index is 3.62. The monoisotopic (exact) mass is 299 g/mol. The van der Waals surface area contributed by atoms with Crippen molar-refractivity contribution in [1.82, 2.24) is 0 Å². The molecule has 0 aromatic heterocycles. The van der Waals surface area contributed by atoms with Gasteiger partial charge in [-0.3, -0.25) is 0 Å². The van der Waals surface area contributed by atoms with E-state index in [0.29, 0.717) is 0 Å². The second-order valence-corrected chi connectivity index (χ2v) is 7.10. The quantitative estimate of drug-likeness (QED) is 0.629. The molecule has 0 N–H and O–H groups in total. The lowest BCUT2D eigenvalue weighted by Gasteiger charge is -1.53. The van der Waals surface area contributed by atoms with Gasteiger partial charge in [0, 0.05) is 7.05 Å². The average Bonchev–Trinajstić information content (AvgIpc) is 1.38. The van der Waals surface area contributed by atoms with E-state index in [-0.39, 0.29) is 0 Å². The summed E-state index contributed by atoms with van der Waals surface area (Å²) in [6, 6.07) is 0. The molecule has 0 amide bonds. The van der Waals surface area contributed by atoms with E-state index in [1.807, 2.05) is 18.6 Å². The van der Waals surface area contributed by atoms with Gasteiger partial charge in [-0.2, -0.15) is 0 Å². The van der Waals surface area contributed by atoms with Crippen LogP contribution in [0.1, 0.15) is 0 Å². The first-order chi connectivity index (χ1) is 2.27. The van der Waals surface area contributed by atoms with Crippen LogP contribution in [0.2, 0.25) is 0 Å². The second kappa shape index (κ2) is 3.26. The van der Waals surface area contributed by atoms with Crippen molar-refractivity contribution in [2.45, 2.75) is 0 Å². The molecule has 5 heavy (non-hydrogen) atoms. The largest absolute Gasteiger partial charge is 0.248 e. The van der Waals surface area contributed by atoms with E-state index in [9.17, 15) is 3.07 Å². The topological polar surface area (TPSA) is 29.4 Å². The van der Waals surface area contributed by atoms with Crippen molar-refractivity contribution in [3.63, 3.8) is 0 Å². The lowest BCUT2D eigenvalue weighted by Crippen LogP contribution is -1.22. The third-order valence-electron chi connectivity index (χ3n) is 0.133. The molecule has 0 heterocycles. The molecule has 0 atom stereocenters. The Morgan fingerprint density at radius 1 is 2.00 bits per heavy atom. The van der Waals surface area contributed by atoms with E-state index in [2.05, 4.69) is 3.15 Å². The highest BCUT2D eigenvalue weighted by molar-refractivity contribution is 15.1. The highest BCUT2D eigenvalue weighted by atomic mass is 128. The molecule has 0 spiro atoms. The Hall–Kier alpha value is 1.06. The van der Waals surface area contributed by atoms with Gasteiger partial charge in [0.05, 0.1) is 18.6 Å². The van der Waals surface area contributed by atoms with Gasteiger partial charge in [-0.25, -0.2) is 6.21 Å². The van der Waals surface area contributed by atoms with Crippen molar-refractivity contribution in [1.29, 1.82) is 0 Å². The molecule has 0 rings (SSSR count). The van der Waals surface area contributed by atoms with Gasteiger partial charge in [-0.15, -0.1) is 0 Å². The third-order valence-corrected chi connectivity index (χ3v) is 3.34. The predicted octanol–water partition coefficient (Wildman–Crippen LogP) is 2.00. The third kappa shape index (κ3) is 5.06. The maximum atomic E-state index is 9.87. The summed E-state index contributed by atoms with van der Waals surface area (Å²) in [7, 11) is 1.57. The minimum Gasteiger partial charge on any atom is -0.248 e. The van der Waals surface area contributed by atoms with Crippen LogP contribution in [-0.2, 0) is 3.07 Å². The van der Waals surface area contributed by atoms with E-state index in [1.165, 1.54) is 0 Å². The Morgan fingerprint density at radius 2 is 2.20 bits per heavy atom. The van der Waals surface area contributed by atoms with Crippen molar-refractivity contribution in [3.05, 3.63) is 0 Å². The molecule has 0 saturated carbocycles. The van der Waals surface area contributed by atoms with Gasteiger partial charge in [0.25, 0.3) is 0 Å². The molecular formula is CH3I2NO. The van der Waals surface area contributed by atoms with Crippen molar-refractivity contribution in [2.75, 3.05) is 7.05 Å².